The zero-order chi connectivity index (χ0) is 14.9. The largest absolute Gasteiger partial charge is 0.368 e. The number of aliphatic imine (C=N–C) groups is 1. The molecule has 0 fully saturated rings. The van der Waals surface area contributed by atoms with Gasteiger partial charge in [0.1, 0.15) is 11.7 Å². The highest BCUT2D eigenvalue weighted by Crippen LogP contribution is 2.29. The first kappa shape index (κ1) is 18.7. The number of halogens is 3. The number of aromatic nitrogens is 2. The minimum atomic E-state index is 0. The van der Waals surface area contributed by atoms with E-state index in [1.54, 1.807) is 23.6 Å². The van der Waals surface area contributed by atoms with Crippen LogP contribution in [0.5, 0.6) is 0 Å². The molecule has 1 aromatic carbocycles. The minimum Gasteiger partial charge on any atom is -0.368 e. The van der Waals surface area contributed by atoms with Gasteiger partial charge in [-0.15, -0.1) is 24.8 Å². The number of fused-ring (bicyclic) bond motifs is 1. The first-order chi connectivity index (χ1) is 10.8. The molecule has 3 aromatic rings. The van der Waals surface area contributed by atoms with Gasteiger partial charge >= 0.3 is 0 Å². The van der Waals surface area contributed by atoms with Crippen molar-refractivity contribution in [2.45, 2.75) is 0 Å². The van der Waals surface area contributed by atoms with E-state index in [4.69, 9.17) is 11.6 Å². The van der Waals surface area contributed by atoms with E-state index in [1.807, 2.05) is 18.2 Å². The van der Waals surface area contributed by atoms with Gasteiger partial charge in [-0.3, -0.25) is 4.99 Å². The SMILES string of the molecule is Cl.Cl.Clc1ccc(Nc2nc3ccc(C4=NCCN4)cc3s2)nc1. The summed E-state index contributed by atoms with van der Waals surface area (Å²) < 4.78 is 1.12. The van der Waals surface area contributed by atoms with Crippen LogP contribution in [-0.2, 0) is 0 Å². The monoisotopic (exact) mass is 401 g/mol. The average molecular weight is 403 g/mol. The predicted octanol–water partition coefficient (Wildman–Crippen LogP) is 4.28. The molecule has 0 saturated heterocycles. The Bertz CT molecular complexity index is 863. The molecule has 126 valence electrons. The Morgan fingerprint density at radius 3 is 2.75 bits per heavy atom. The Hall–Kier alpha value is -1.60. The van der Waals surface area contributed by atoms with Crippen molar-refractivity contribution in [2.75, 3.05) is 18.4 Å². The average Bonchev–Trinajstić information content (AvgIpc) is 3.17. The lowest BCUT2D eigenvalue weighted by Crippen LogP contribution is -2.19. The first-order valence-corrected chi connectivity index (χ1v) is 8.05. The summed E-state index contributed by atoms with van der Waals surface area (Å²) in [4.78, 5) is 13.2. The molecule has 0 bridgehead atoms. The zero-order valence-electron chi connectivity index (χ0n) is 12.3. The second-order valence-electron chi connectivity index (χ2n) is 4.85. The first-order valence-electron chi connectivity index (χ1n) is 6.86. The predicted molar refractivity (Wildman–Crippen MR) is 106 cm³/mol. The number of anilines is 2. The number of nitrogens with one attached hydrogen (secondary N) is 2. The molecule has 2 N–H and O–H groups in total. The summed E-state index contributed by atoms with van der Waals surface area (Å²) in [7, 11) is 0. The van der Waals surface area contributed by atoms with Crippen molar-refractivity contribution in [3.05, 3.63) is 47.1 Å². The van der Waals surface area contributed by atoms with Crippen molar-refractivity contribution in [2.24, 2.45) is 4.99 Å². The van der Waals surface area contributed by atoms with Crippen LogP contribution in [0.15, 0.2) is 41.5 Å². The highest BCUT2D eigenvalue weighted by Gasteiger charge is 2.11. The molecule has 9 heteroatoms. The smallest absolute Gasteiger partial charge is 0.189 e. The summed E-state index contributed by atoms with van der Waals surface area (Å²) in [6.07, 6.45) is 1.61. The van der Waals surface area contributed by atoms with Gasteiger partial charge in [0.05, 0.1) is 21.8 Å². The molecular formula is C15H14Cl3N5S. The zero-order valence-corrected chi connectivity index (χ0v) is 15.5. The van der Waals surface area contributed by atoms with E-state index in [0.29, 0.717) is 5.02 Å². The van der Waals surface area contributed by atoms with Crippen molar-refractivity contribution in [3.8, 4) is 0 Å². The molecule has 4 rings (SSSR count). The van der Waals surface area contributed by atoms with E-state index in [9.17, 15) is 0 Å². The van der Waals surface area contributed by atoms with E-state index >= 15 is 0 Å². The number of rotatable bonds is 3. The van der Waals surface area contributed by atoms with Crippen molar-refractivity contribution < 1.29 is 0 Å². The molecule has 0 radical (unpaired) electrons. The van der Waals surface area contributed by atoms with Crippen LogP contribution in [0.2, 0.25) is 5.02 Å². The van der Waals surface area contributed by atoms with Crippen LogP contribution in [0.3, 0.4) is 0 Å². The molecule has 2 aromatic heterocycles. The molecule has 0 unspecified atom stereocenters. The van der Waals surface area contributed by atoms with E-state index in [2.05, 4.69) is 31.7 Å². The van der Waals surface area contributed by atoms with Crippen LogP contribution >= 0.6 is 47.8 Å². The summed E-state index contributed by atoms with van der Waals surface area (Å²) in [5, 5.41) is 7.91. The fraction of sp³-hybridized carbons (Fsp3) is 0.133. The van der Waals surface area contributed by atoms with Gasteiger partial charge in [0, 0.05) is 18.3 Å². The third-order valence-electron chi connectivity index (χ3n) is 3.30. The Kier molecular flexibility index (Phi) is 6.23. The van der Waals surface area contributed by atoms with Crippen LogP contribution in [-0.4, -0.2) is 28.9 Å². The number of amidine groups is 1. The normalized spacial score (nSPS) is 12.8. The number of thiazole rings is 1. The van der Waals surface area contributed by atoms with E-state index in [1.165, 1.54) is 0 Å². The van der Waals surface area contributed by atoms with Crippen molar-refractivity contribution >= 4 is 74.8 Å². The topological polar surface area (TPSA) is 62.2 Å². The Labute approximate surface area is 160 Å². The number of pyridine rings is 1. The Morgan fingerprint density at radius 2 is 2.04 bits per heavy atom. The third-order valence-corrected chi connectivity index (χ3v) is 4.46. The fourth-order valence-electron chi connectivity index (χ4n) is 2.28. The maximum atomic E-state index is 5.84. The standard InChI is InChI=1S/C15H12ClN5S.2ClH/c16-10-2-4-13(19-8-10)21-15-20-11-3-1-9(7-12(11)22-15)14-17-5-6-18-14;;/h1-4,7-8H,5-6H2,(H,17,18)(H,19,20,21);2*1H. The number of hydrogen-bond donors (Lipinski definition) is 2. The minimum absolute atomic E-state index is 0. The summed E-state index contributed by atoms with van der Waals surface area (Å²) >= 11 is 7.43. The second kappa shape index (κ2) is 7.98. The van der Waals surface area contributed by atoms with E-state index < -0.39 is 0 Å². The molecule has 5 nitrogen and oxygen atoms in total. The van der Waals surface area contributed by atoms with Gasteiger partial charge in [-0.25, -0.2) is 9.97 Å². The lowest BCUT2D eigenvalue weighted by molar-refractivity contribution is 0.960. The number of benzene rings is 1. The fourth-order valence-corrected chi connectivity index (χ4v) is 3.30. The van der Waals surface area contributed by atoms with Crippen molar-refractivity contribution in [1.82, 2.24) is 15.3 Å². The van der Waals surface area contributed by atoms with Crippen molar-refractivity contribution in [1.29, 1.82) is 0 Å². The third kappa shape index (κ3) is 3.89. The van der Waals surface area contributed by atoms with Crippen LogP contribution < -0.4 is 10.6 Å². The molecule has 1 aliphatic heterocycles. The van der Waals surface area contributed by atoms with Crippen LogP contribution in [0, 0.1) is 0 Å². The number of hydrogen-bond acceptors (Lipinski definition) is 6. The quantitative estimate of drug-likeness (QED) is 0.686. The van der Waals surface area contributed by atoms with Gasteiger partial charge < -0.3 is 10.6 Å². The molecule has 0 aliphatic carbocycles. The molecule has 0 saturated carbocycles. The van der Waals surface area contributed by atoms with Gasteiger partial charge in [0.15, 0.2) is 5.13 Å². The van der Waals surface area contributed by atoms with Gasteiger partial charge in [0.25, 0.3) is 0 Å². The Morgan fingerprint density at radius 1 is 1.17 bits per heavy atom. The molecule has 1 aliphatic rings. The second-order valence-corrected chi connectivity index (χ2v) is 6.31. The van der Waals surface area contributed by atoms with Crippen LogP contribution in [0.25, 0.3) is 10.2 Å². The highest BCUT2D eigenvalue weighted by molar-refractivity contribution is 7.22. The molecule has 24 heavy (non-hydrogen) atoms. The van der Waals surface area contributed by atoms with Gasteiger partial charge in [-0.2, -0.15) is 0 Å². The van der Waals surface area contributed by atoms with Gasteiger partial charge in [0.2, 0.25) is 0 Å². The molecular weight excluding hydrogens is 389 g/mol. The maximum Gasteiger partial charge on any atom is 0.189 e. The molecule has 3 heterocycles. The van der Waals surface area contributed by atoms with E-state index in [0.717, 1.165) is 45.7 Å². The molecule has 0 atom stereocenters. The highest BCUT2D eigenvalue weighted by atomic mass is 35.5. The van der Waals surface area contributed by atoms with Crippen LogP contribution in [0.4, 0.5) is 10.9 Å². The number of nitrogens with zero attached hydrogens (tertiary/aromatic N) is 3. The summed E-state index contributed by atoms with van der Waals surface area (Å²) in [6.45, 7) is 1.75. The van der Waals surface area contributed by atoms with Crippen LogP contribution in [0.1, 0.15) is 5.56 Å². The summed E-state index contributed by atoms with van der Waals surface area (Å²) in [6, 6.07) is 9.81. The lowest BCUT2D eigenvalue weighted by Gasteiger charge is -2.01. The van der Waals surface area contributed by atoms with E-state index in [-0.39, 0.29) is 24.8 Å². The maximum absolute atomic E-state index is 5.84. The van der Waals surface area contributed by atoms with Gasteiger partial charge in [-0.05, 0) is 30.3 Å². The van der Waals surface area contributed by atoms with Gasteiger partial charge in [-0.1, -0.05) is 22.9 Å². The Balaban J connectivity index is 0.00000104. The summed E-state index contributed by atoms with van der Waals surface area (Å²) in [5.41, 5.74) is 2.06. The van der Waals surface area contributed by atoms with Crippen molar-refractivity contribution in [3.63, 3.8) is 0 Å². The lowest BCUT2D eigenvalue weighted by atomic mass is 10.2. The molecule has 0 spiro atoms. The molecule has 0 amide bonds. The summed E-state index contributed by atoms with van der Waals surface area (Å²) in [5.74, 6) is 1.69.